The molecule has 2 N–H and O–H groups in total. The first kappa shape index (κ1) is 17.8. The summed E-state index contributed by atoms with van der Waals surface area (Å²) in [7, 11) is -3.17. The van der Waals surface area contributed by atoms with Crippen molar-refractivity contribution in [3.05, 3.63) is 29.8 Å². The zero-order chi connectivity index (χ0) is 16.9. The van der Waals surface area contributed by atoms with E-state index in [0.717, 1.165) is 37.9 Å². The summed E-state index contributed by atoms with van der Waals surface area (Å²) < 4.78 is 26.6. The number of benzene rings is 1. The highest BCUT2D eigenvalue weighted by molar-refractivity contribution is 7.90. The van der Waals surface area contributed by atoms with E-state index in [-0.39, 0.29) is 11.3 Å². The molecule has 23 heavy (non-hydrogen) atoms. The Morgan fingerprint density at radius 2 is 1.78 bits per heavy atom. The molecule has 0 spiro atoms. The van der Waals surface area contributed by atoms with Crippen molar-refractivity contribution in [1.82, 2.24) is 4.72 Å². The van der Waals surface area contributed by atoms with Gasteiger partial charge in [-0.2, -0.15) is 5.26 Å². The second-order valence-corrected chi connectivity index (χ2v) is 8.77. The zero-order valence-corrected chi connectivity index (χ0v) is 14.6. The van der Waals surface area contributed by atoms with E-state index in [1.807, 2.05) is 12.1 Å². The van der Waals surface area contributed by atoms with Crippen LogP contribution in [0.3, 0.4) is 0 Å². The molecular weight excluding hydrogens is 310 g/mol. The third kappa shape index (κ3) is 5.22. The summed E-state index contributed by atoms with van der Waals surface area (Å²) in [6.07, 6.45) is 3.83. The highest BCUT2D eigenvalue weighted by Gasteiger charge is 2.26. The molecule has 0 aliphatic heterocycles. The Morgan fingerprint density at radius 1 is 1.17 bits per heavy atom. The van der Waals surface area contributed by atoms with Gasteiger partial charge < -0.3 is 5.32 Å². The van der Waals surface area contributed by atoms with E-state index >= 15 is 0 Å². The summed E-state index contributed by atoms with van der Waals surface area (Å²) in [5.74, 6) is 0.561. The van der Waals surface area contributed by atoms with E-state index in [0.29, 0.717) is 11.5 Å². The van der Waals surface area contributed by atoms with Gasteiger partial charge in [0.25, 0.3) is 0 Å². The van der Waals surface area contributed by atoms with Gasteiger partial charge >= 0.3 is 0 Å². The van der Waals surface area contributed by atoms with Gasteiger partial charge in [-0.05, 0) is 69.7 Å². The third-order valence-electron chi connectivity index (χ3n) is 4.41. The first-order chi connectivity index (χ1) is 10.9. The van der Waals surface area contributed by atoms with Crippen LogP contribution in [0.15, 0.2) is 24.3 Å². The molecule has 1 aromatic rings. The first-order valence-electron chi connectivity index (χ1n) is 8.16. The lowest BCUT2D eigenvalue weighted by atomic mass is 9.86. The van der Waals surface area contributed by atoms with Gasteiger partial charge in [-0.15, -0.1) is 0 Å². The van der Waals surface area contributed by atoms with Crippen molar-refractivity contribution in [2.24, 2.45) is 5.92 Å². The van der Waals surface area contributed by atoms with Crippen LogP contribution in [0.2, 0.25) is 0 Å². The van der Waals surface area contributed by atoms with E-state index in [1.165, 1.54) is 0 Å². The number of nitrogens with zero attached hydrogens (tertiary/aromatic N) is 1. The molecule has 1 aliphatic rings. The molecule has 0 amide bonds. The molecule has 0 radical (unpaired) electrons. The Labute approximate surface area is 139 Å². The van der Waals surface area contributed by atoms with Crippen molar-refractivity contribution in [2.45, 2.75) is 50.8 Å². The molecule has 0 bridgehead atoms. The smallest absolute Gasteiger partial charge is 0.214 e. The van der Waals surface area contributed by atoms with E-state index < -0.39 is 10.0 Å². The summed E-state index contributed by atoms with van der Waals surface area (Å²) in [5.41, 5.74) is 1.68. The Balaban J connectivity index is 1.75. The van der Waals surface area contributed by atoms with Gasteiger partial charge in [0.05, 0.1) is 16.9 Å². The second kappa shape index (κ2) is 7.80. The fourth-order valence-corrected chi connectivity index (χ4v) is 3.75. The number of sulfonamides is 1. The lowest BCUT2D eigenvalue weighted by Gasteiger charge is -2.29. The molecule has 0 heterocycles. The molecule has 126 valence electrons. The van der Waals surface area contributed by atoms with Crippen LogP contribution in [0.4, 0.5) is 5.69 Å². The molecule has 1 aromatic carbocycles. The van der Waals surface area contributed by atoms with Gasteiger partial charge in [-0.25, -0.2) is 13.1 Å². The molecule has 0 unspecified atom stereocenters. The second-order valence-electron chi connectivity index (χ2n) is 6.50. The summed E-state index contributed by atoms with van der Waals surface area (Å²) in [4.78, 5) is 0. The fourth-order valence-electron chi connectivity index (χ4n) is 2.78. The van der Waals surface area contributed by atoms with Crippen LogP contribution in [0.25, 0.3) is 0 Å². The van der Waals surface area contributed by atoms with E-state index in [2.05, 4.69) is 16.1 Å². The molecule has 1 saturated carbocycles. The van der Waals surface area contributed by atoms with Crippen LogP contribution in [-0.2, 0) is 10.0 Å². The Hall–Kier alpha value is -1.58. The summed E-state index contributed by atoms with van der Waals surface area (Å²) in [5, 5.41) is 11.8. The van der Waals surface area contributed by atoms with Crippen LogP contribution >= 0.6 is 0 Å². The topological polar surface area (TPSA) is 82.0 Å². The normalized spacial score (nSPS) is 21.8. The molecular formula is C17H25N3O2S. The van der Waals surface area contributed by atoms with Crippen molar-refractivity contribution in [1.29, 1.82) is 5.26 Å². The maximum absolute atomic E-state index is 11.9. The fraction of sp³-hybridized carbons (Fsp3) is 0.588. The molecule has 2 rings (SSSR count). The van der Waals surface area contributed by atoms with E-state index in [1.54, 1.807) is 26.0 Å². The number of nitrogens with one attached hydrogen (secondary N) is 2. The van der Waals surface area contributed by atoms with Gasteiger partial charge in [0.1, 0.15) is 0 Å². The van der Waals surface area contributed by atoms with Crippen molar-refractivity contribution >= 4 is 15.7 Å². The predicted molar refractivity (Wildman–Crippen MR) is 92.6 cm³/mol. The Bertz CT molecular complexity index is 639. The van der Waals surface area contributed by atoms with Crippen molar-refractivity contribution in [3.8, 4) is 6.07 Å². The number of anilines is 1. The van der Waals surface area contributed by atoms with Gasteiger partial charge in [0.2, 0.25) is 10.0 Å². The minimum atomic E-state index is -3.17. The lowest BCUT2D eigenvalue weighted by molar-refractivity contribution is 0.323. The number of nitriles is 1. The molecule has 0 saturated heterocycles. The van der Waals surface area contributed by atoms with E-state index in [4.69, 9.17) is 5.26 Å². The SMILES string of the molecule is CC(C)S(=O)(=O)N[C@H]1CC[C@H](CNc2ccc(C#N)cc2)CC1. The van der Waals surface area contributed by atoms with Gasteiger partial charge in [-0.1, -0.05) is 0 Å². The number of hydrogen-bond donors (Lipinski definition) is 2. The Kier molecular flexibility index (Phi) is 6.03. The average Bonchev–Trinajstić information content (AvgIpc) is 2.54. The van der Waals surface area contributed by atoms with E-state index in [9.17, 15) is 8.42 Å². The third-order valence-corrected chi connectivity index (χ3v) is 6.31. The molecule has 1 aliphatic carbocycles. The standard InChI is InChI=1S/C17H25N3O2S/c1-13(2)23(21,22)20-17-9-5-15(6-10-17)12-19-16-7-3-14(11-18)4-8-16/h3-4,7-8,13,15,17,19-20H,5-6,9-10,12H2,1-2H3/t15-,17-. The number of rotatable bonds is 6. The highest BCUT2D eigenvalue weighted by Crippen LogP contribution is 2.25. The monoisotopic (exact) mass is 335 g/mol. The summed E-state index contributed by atoms with van der Waals surface area (Å²) >= 11 is 0. The van der Waals surface area contributed by atoms with Crippen molar-refractivity contribution < 1.29 is 8.42 Å². The summed E-state index contributed by atoms with van der Waals surface area (Å²) in [6.45, 7) is 4.29. The minimum absolute atomic E-state index is 0.0774. The van der Waals surface area contributed by atoms with Crippen LogP contribution in [0.1, 0.15) is 45.1 Å². The lowest BCUT2D eigenvalue weighted by Crippen LogP contribution is -2.41. The van der Waals surface area contributed by atoms with Crippen LogP contribution in [-0.4, -0.2) is 26.3 Å². The Morgan fingerprint density at radius 3 is 2.30 bits per heavy atom. The molecule has 0 atom stereocenters. The van der Waals surface area contributed by atoms with Gasteiger partial charge in [0, 0.05) is 18.3 Å². The predicted octanol–water partition coefficient (Wildman–Crippen LogP) is 2.86. The average molecular weight is 335 g/mol. The highest BCUT2D eigenvalue weighted by atomic mass is 32.2. The largest absolute Gasteiger partial charge is 0.385 e. The molecule has 1 fully saturated rings. The molecule has 6 heteroatoms. The van der Waals surface area contributed by atoms with Crippen molar-refractivity contribution in [2.75, 3.05) is 11.9 Å². The van der Waals surface area contributed by atoms with Gasteiger partial charge in [-0.3, -0.25) is 0 Å². The van der Waals surface area contributed by atoms with Gasteiger partial charge in [0.15, 0.2) is 0 Å². The van der Waals surface area contributed by atoms with Crippen LogP contribution in [0, 0.1) is 17.2 Å². The van der Waals surface area contributed by atoms with Crippen LogP contribution in [0.5, 0.6) is 0 Å². The maximum atomic E-state index is 11.9. The van der Waals surface area contributed by atoms with Crippen LogP contribution < -0.4 is 10.0 Å². The summed E-state index contributed by atoms with van der Waals surface area (Å²) in [6, 6.07) is 9.63. The minimum Gasteiger partial charge on any atom is -0.385 e. The molecule has 0 aromatic heterocycles. The first-order valence-corrected chi connectivity index (χ1v) is 9.70. The molecule has 5 nitrogen and oxygen atoms in total. The quantitative estimate of drug-likeness (QED) is 0.837. The van der Waals surface area contributed by atoms with Crippen molar-refractivity contribution in [3.63, 3.8) is 0 Å². The maximum Gasteiger partial charge on any atom is 0.214 e. The zero-order valence-electron chi connectivity index (χ0n) is 13.7. The number of hydrogen-bond acceptors (Lipinski definition) is 4.